The van der Waals surface area contributed by atoms with Crippen LogP contribution in [0.2, 0.25) is 0 Å². The van der Waals surface area contributed by atoms with Crippen LogP contribution in [0.25, 0.3) is 0 Å². The Balaban J connectivity index is 2.93. The van der Waals surface area contributed by atoms with E-state index in [2.05, 4.69) is 10.3 Å². The van der Waals surface area contributed by atoms with Crippen molar-refractivity contribution in [3.05, 3.63) is 18.5 Å². The lowest BCUT2D eigenvalue weighted by Crippen LogP contribution is -2.42. The molecule has 1 aromatic rings. The van der Waals surface area contributed by atoms with E-state index in [4.69, 9.17) is 5.73 Å². The zero-order valence-electron chi connectivity index (χ0n) is 12.0. The average Bonchev–Trinajstić information content (AvgIpc) is 2.38. The van der Waals surface area contributed by atoms with Crippen LogP contribution in [0.5, 0.6) is 0 Å². The number of rotatable bonds is 6. The number of carbonyl (C=O) groups is 1. The number of nitrogens with two attached hydrogens (primary N) is 1. The van der Waals surface area contributed by atoms with Crippen molar-refractivity contribution in [1.82, 2.24) is 10.3 Å². The maximum absolute atomic E-state index is 12.4. The van der Waals surface area contributed by atoms with E-state index >= 15 is 0 Å². The molecule has 0 saturated carbocycles. The van der Waals surface area contributed by atoms with Gasteiger partial charge in [-0.1, -0.05) is 13.3 Å². The zero-order chi connectivity index (χ0) is 15.3. The standard InChI is InChI=1S/C13H21N3O3S/c1-4-5-9(2)16-13(17)10(3)20(18,19)12-6-7-15-8-11(12)14/h6-10H,4-5,14H2,1-3H3,(H,16,17). The van der Waals surface area contributed by atoms with Gasteiger partial charge in [0.15, 0.2) is 9.84 Å². The molecule has 0 aliphatic carbocycles. The summed E-state index contributed by atoms with van der Waals surface area (Å²) in [4.78, 5) is 15.7. The van der Waals surface area contributed by atoms with Crippen LogP contribution in [0.15, 0.2) is 23.4 Å². The Bertz CT molecular complexity index is 572. The number of nitrogen functional groups attached to an aromatic ring is 1. The number of hydrogen-bond acceptors (Lipinski definition) is 5. The largest absolute Gasteiger partial charge is 0.396 e. The fraction of sp³-hybridized carbons (Fsp3) is 0.538. The van der Waals surface area contributed by atoms with Gasteiger partial charge in [-0.3, -0.25) is 9.78 Å². The van der Waals surface area contributed by atoms with Crippen molar-refractivity contribution < 1.29 is 13.2 Å². The number of pyridine rings is 1. The second kappa shape index (κ2) is 6.69. The normalized spacial score (nSPS) is 14.6. The topological polar surface area (TPSA) is 102 Å². The monoisotopic (exact) mass is 299 g/mol. The fourth-order valence-corrected chi connectivity index (χ4v) is 3.21. The van der Waals surface area contributed by atoms with Crippen LogP contribution in [0, 0.1) is 0 Å². The molecule has 1 amide bonds. The second-order valence-corrected chi connectivity index (χ2v) is 7.04. The first kappa shape index (κ1) is 16.4. The number of anilines is 1. The Morgan fingerprint density at radius 1 is 1.45 bits per heavy atom. The SMILES string of the molecule is CCCC(C)NC(=O)C(C)S(=O)(=O)c1ccncc1N. The van der Waals surface area contributed by atoms with Gasteiger partial charge in [-0.25, -0.2) is 8.42 Å². The number of amides is 1. The van der Waals surface area contributed by atoms with Crippen molar-refractivity contribution in [2.24, 2.45) is 0 Å². The molecule has 2 unspecified atom stereocenters. The van der Waals surface area contributed by atoms with E-state index in [1.165, 1.54) is 25.4 Å². The smallest absolute Gasteiger partial charge is 0.238 e. The van der Waals surface area contributed by atoms with Gasteiger partial charge in [-0.2, -0.15) is 0 Å². The van der Waals surface area contributed by atoms with Crippen LogP contribution >= 0.6 is 0 Å². The van der Waals surface area contributed by atoms with Crippen molar-refractivity contribution in [2.75, 3.05) is 5.73 Å². The van der Waals surface area contributed by atoms with E-state index in [1.54, 1.807) is 0 Å². The summed E-state index contributed by atoms with van der Waals surface area (Å²) in [5, 5.41) is 1.51. The molecule has 2 atom stereocenters. The average molecular weight is 299 g/mol. The lowest BCUT2D eigenvalue weighted by Gasteiger charge is -2.18. The molecule has 7 heteroatoms. The Morgan fingerprint density at radius 3 is 2.65 bits per heavy atom. The molecule has 0 aromatic carbocycles. The third-order valence-corrected chi connectivity index (χ3v) is 5.19. The summed E-state index contributed by atoms with van der Waals surface area (Å²) in [6, 6.07) is 1.25. The number of carbonyl (C=O) groups excluding carboxylic acids is 1. The lowest BCUT2D eigenvalue weighted by molar-refractivity contribution is -0.121. The minimum Gasteiger partial charge on any atom is -0.396 e. The Kier molecular flexibility index (Phi) is 5.50. The van der Waals surface area contributed by atoms with Crippen LogP contribution in [0.4, 0.5) is 5.69 Å². The summed E-state index contributed by atoms with van der Waals surface area (Å²) in [6.07, 6.45) is 4.32. The predicted molar refractivity (Wildman–Crippen MR) is 77.8 cm³/mol. The quantitative estimate of drug-likeness (QED) is 0.819. The summed E-state index contributed by atoms with van der Waals surface area (Å²) >= 11 is 0. The molecule has 20 heavy (non-hydrogen) atoms. The summed E-state index contributed by atoms with van der Waals surface area (Å²) in [7, 11) is -3.81. The molecular weight excluding hydrogens is 278 g/mol. The van der Waals surface area contributed by atoms with Gasteiger partial charge < -0.3 is 11.1 Å². The van der Waals surface area contributed by atoms with Gasteiger partial charge in [-0.15, -0.1) is 0 Å². The van der Waals surface area contributed by atoms with E-state index < -0.39 is 21.0 Å². The maximum Gasteiger partial charge on any atom is 0.238 e. The minimum atomic E-state index is -3.81. The van der Waals surface area contributed by atoms with Crippen LogP contribution in [0.3, 0.4) is 0 Å². The Hall–Kier alpha value is -1.63. The van der Waals surface area contributed by atoms with Crippen LogP contribution in [0.1, 0.15) is 33.6 Å². The molecular formula is C13H21N3O3S. The molecule has 0 aliphatic heterocycles. The first-order valence-corrected chi connectivity index (χ1v) is 8.09. The summed E-state index contributed by atoms with van der Waals surface area (Å²) in [5.74, 6) is -0.512. The highest BCUT2D eigenvalue weighted by Gasteiger charge is 2.31. The number of aromatic nitrogens is 1. The zero-order valence-corrected chi connectivity index (χ0v) is 12.8. The van der Waals surface area contributed by atoms with E-state index in [9.17, 15) is 13.2 Å². The van der Waals surface area contributed by atoms with Crippen molar-refractivity contribution >= 4 is 21.4 Å². The first-order chi connectivity index (χ1) is 9.30. The van der Waals surface area contributed by atoms with E-state index in [0.29, 0.717) is 0 Å². The van der Waals surface area contributed by atoms with Gasteiger partial charge in [0.05, 0.1) is 16.8 Å². The number of sulfone groups is 1. The van der Waals surface area contributed by atoms with Gasteiger partial charge in [0.25, 0.3) is 0 Å². The van der Waals surface area contributed by atoms with Crippen molar-refractivity contribution in [3.63, 3.8) is 0 Å². The molecule has 0 fully saturated rings. The molecule has 0 bridgehead atoms. The van der Waals surface area contributed by atoms with E-state index in [1.807, 2.05) is 13.8 Å². The predicted octanol–water partition coefficient (Wildman–Crippen LogP) is 1.13. The number of nitrogens with one attached hydrogen (secondary N) is 1. The third-order valence-electron chi connectivity index (χ3n) is 3.06. The lowest BCUT2D eigenvalue weighted by atomic mass is 10.2. The maximum atomic E-state index is 12.4. The molecule has 0 radical (unpaired) electrons. The second-order valence-electron chi connectivity index (χ2n) is 4.80. The molecule has 1 aromatic heterocycles. The van der Waals surface area contributed by atoms with Crippen LogP contribution < -0.4 is 11.1 Å². The summed E-state index contributed by atoms with van der Waals surface area (Å²) in [6.45, 7) is 5.21. The van der Waals surface area contributed by atoms with E-state index in [0.717, 1.165) is 12.8 Å². The van der Waals surface area contributed by atoms with Gasteiger partial charge in [0.1, 0.15) is 5.25 Å². The molecule has 112 valence electrons. The number of nitrogens with zero attached hydrogens (tertiary/aromatic N) is 1. The van der Waals surface area contributed by atoms with Crippen molar-refractivity contribution in [1.29, 1.82) is 0 Å². The highest BCUT2D eigenvalue weighted by atomic mass is 32.2. The molecule has 6 nitrogen and oxygen atoms in total. The van der Waals surface area contributed by atoms with Crippen LogP contribution in [-0.4, -0.2) is 30.6 Å². The van der Waals surface area contributed by atoms with Crippen molar-refractivity contribution in [2.45, 2.75) is 49.8 Å². The molecule has 0 aliphatic rings. The molecule has 1 rings (SSSR count). The minimum absolute atomic E-state index is 0.0498. The highest BCUT2D eigenvalue weighted by Crippen LogP contribution is 2.21. The molecule has 3 N–H and O–H groups in total. The fourth-order valence-electron chi connectivity index (χ4n) is 1.85. The summed E-state index contributed by atoms with van der Waals surface area (Å²) in [5.41, 5.74) is 5.67. The summed E-state index contributed by atoms with van der Waals surface area (Å²) < 4.78 is 24.7. The number of hydrogen-bond donors (Lipinski definition) is 2. The van der Waals surface area contributed by atoms with Gasteiger partial charge >= 0.3 is 0 Å². The molecule has 1 heterocycles. The van der Waals surface area contributed by atoms with Gasteiger partial charge in [0.2, 0.25) is 5.91 Å². The highest BCUT2D eigenvalue weighted by molar-refractivity contribution is 7.93. The van der Waals surface area contributed by atoms with Gasteiger partial charge in [0, 0.05) is 12.2 Å². The van der Waals surface area contributed by atoms with Crippen LogP contribution in [-0.2, 0) is 14.6 Å². The first-order valence-electron chi connectivity index (χ1n) is 6.54. The van der Waals surface area contributed by atoms with Crippen molar-refractivity contribution in [3.8, 4) is 0 Å². The third kappa shape index (κ3) is 3.69. The van der Waals surface area contributed by atoms with E-state index in [-0.39, 0.29) is 16.6 Å². The molecule has 0 saturated heterocycles. The molecule has 0 spiro atoms. The Morgan fingerprint density at radius 2 is 2.10 bits per heavy atom. The Labute approximate surface area is 119 Å². The van der Waals surface area contributed by atoms with Gasteiger partial charge in [-0.05, 0) is 26.3 Å².